The third-order valence-corrected chi connectivity index (χ3v) is 5.66. The van der Waals surface area contributed by atoms with Crippen LogP contribution in [0.25, 0.3) is 11.9 Å². The van der Waals surface area contributed by atoms with E-state index in [-0.39, 0.29) is 16.8 Å². The van der Waals surface area contributed by atoms with Crippen molar-refractivity contribution in [3.05, 3.63) is 82.7 Å². The molecule has 2 aromatic heterocycles. The van der Waals surface area contributed by atoms with Crippen LogP contribution in [0.15, 0.2) is 65.8 Å². The number of rotatable bonds is 4. The first-order valence-electron chi connectivity index (χ1n) is 8.70. The number of thiocarbonyl (C=S) groups is 1. The van der Waals surface area contributed by atoms with Crippen LogP contribution in [0.4, 0.5) is 13.2 Å². The summed E-state index contributed by atoms with van der Waals surface area (Å²) in [6, 6.07) is 12.0. The van der Waals surface area contributed by atoms with E-state index in [9.17, 15) is 18.0 Å². The van der Waals surface area contributed by atoms with Crippen LogP contribution in [-0.2, 0) is 17.5 Å². The highest BCUT2D eigenvalue weighted by molar-refractivity contribution is 8.26. The summed E-state index contributed by atoms with van der Waals surface area (Å²) in [7, 11) is 0. The Labute approximate surface area is 179 Å². The summed E-state index contributed by atoms with van der Waals surface area (Å²) in [5.74, 6) is 0.226. The average Bonchev–Trinajstić information content (AvgIpc) is 3.28. The lowest BCUT2D eigenvalue weighted by Crippen LogP contribution is -2.27. The third kappa shape index (κ3) is 4.14. The average molecular weight is 446 g/mol. The van der Waals surface area contributed by atoms with Crippen LogP contribution in [0.3, 0.4) is 0 Å². The number of nitrogens with zero attached hydrogens (tertiary/aromatic N) is 4. The number of benzene rings is 1. The molecule has 0 aliphatic carbocycles. The molecule has 3 aromatic rings. The van der Waals surface area contributed by atoms with E-state index >= 15 is 0 Å². The topological polar surface area (TPSA) is 51.0 Å². The SMILES string of the molecule is O=C1C(=Cc2ccnn2-c2ccccn2)SC(=S)N1Cc1cccc(C(F)(F)F)c1. The maximum absolute atomic E-state index is 13.0. The fourth-order valence-corrected chi connectivity index (χ4v) is 4.13. The Bertz CT molecular complexity index is 1140. The van der Waals surface area contributed by atoms with Crippen LogP contribution in [-0.4, -0.2) is 29.9 Å². The first-order valence-corrected chi connectivity index (χ1v) is 9.92. The minimum Gasteiger partial charge on any atom is -0.288 e. The third-order valence-electron chi connectivity index (χ3n) is 4.29. The van der Waals surface area contributed by atoms with Crippen molar-refractivity contribution in [2.75, 3.05) is 0 Å². The highest BCUT2D eigenvalue weighted by atomic mass is 32.2. The van der Waals surface area contributed by atoms with Gasteiger partial charge in [0.05, 0.1) is 28.9 Å². The largest absolute Gasteiger partial charge is 0.416 e. The van der Waals surface area contributed by atoms with Gasteiger partial charge in [-0.25, -0.2) is 9.67 Å². The molecule has 0 N–H and O–H groups in total. The lowest BCUT2D eigenvalue weighted by molar-refractivity contribution is -0.137. The fraction of sp³-hybridized carbons (Fsp3) is 0.100. The highest BCUT2D eigenvalue weighted by Gasteiger charge is 2.34. The van der Waals surface area contributed by atoms with Gasteiger partial charge in [0.1, 0.15) is 4.32 Å². The molecule has 10 heteroatoms. The predicted molar refractivity (Wildman–Crippen MR) is 112 cm³/mol. The van der Waals surface area contributed by atoms with Crippen molar-refractivity contribution in [3.63, 3.8) is 0 Å². The van der Waals surface area contributed by atoms with Crippen LogP contribution >= 0.6 is 24.0 Å². The quantitative estimate of drug-likeness (QED) is 0.430. The van der Waals surface area contributed by atoms with Gasteiger partial charge in [0.25, 0.3) is 5.91 Å². The molecule has 1 aliphatic heterocycles. The predicted octanol–water partition coefficient (Wildman–Crippen LogP) is 4.69. The molecular formula is C20H13F3N4OS2. The van der Waals surface area contributed by atoms with E-state index in [0.717, 1.165) is 23.9 Å². The number of aromatic nitrogens is 3. The maximum atomic E-state index is 13.0. The molecule has 5 nitrogen and oxygen atoms in total. The first-order chi connectivity index (χ1) is 14.3. The van der Waals surface area contributed by atoms with Gasteiger partial charge >= 0.3 is 6.18 Å². The van der Waals surface area contributed by atoms with E-state index in [1.165, 1.54) is 17.0 Å². The van der Waals surface area contributed by atoms with Gasteiger partial charge in [0.15, 0.2) is 5.82 Å². The minimum absolute atomic E-state index is 0.0363. The number of amides is 1. The van der Waals surface area contributed by atoms with Gasteiger partial charge in [-0.3, -0.25) is 9.69 Å². The van der Waals surface area contributed by atoms with Crippen LogP contribution in [0.5, 0.6) is 0 Å². The van der Waals surface area contributed by atoms with Crippen molar-refractivity contribution in [3.8, 4) is 5.82 Å². The molecule has 30 heavy (non-hydrogen) atoms. The molecule has 3 heterocycles. The lowest BCUT2D eigenvalue weighted by Gasteiger charge is -2.15. The number of pyridine rings is 1. The standard InChI is InChI=1S/C20H13F3N4OS2/c21-20(22,23)14-5-3-4-13(10-14)12-26-18(28)16(30-19(26)29)11-15-7-9-25-27(15)17-6-1-2-8-24-17/h1-11H,12H2. The molecule has 1 aromatic carbocycles. The molecule has 0 bridgehead atoms. The van der Waals surface area contributed by atoms with E-state index in [2.05, 4.69) is 10.1 Å². The second-order valence-corrected chi connectivity index (χ2v) is 8.00. The van der Waals surface area contributed by atoms with Gasteiger partial charge in [-0.1, -0.05) is 42.2 Å². The Hall–Kier alpha value is -2.98. The Balaban J connectivity index is 1.58. The van der Waals surface area contributed by atoms with E-state index in [1.54, 1.807) is 41.4 Å². The van der Waals surface area contributed by atoms with E-state index < -0.39 is 11.7 Å². The summed E-state index contributed by atoms with van der Waals surface area (Å²) >= 11 is 6.39. The molecule has 0 unspecified atom stereocenters. The lowest BCUT2D eigenvalue weighted by atomic mass is 10.1. The molecule has 152 valence electrons. The van der Waals surface area contributed by atoms with Crippen molar-refractivity contribution in [1.82, 2.24) is 19.7 Å². The summed E-state index contributed by atoms with van der Waals surface area (Å²) < 4.78 is 40.7. The van der Waals surface area contributed by atoms with Crippen molar-refractivity contribution in [2.45, 2.75) is 12.7 Å². The number of hydrogen-bond acceptors (Lipinski definition) is 5. The zero-order valence-electron chi connectivity index (χ0n) is 15.2. The first kappa shape index (κ1) is 20.3. The van der Waals surface area contributed by atoms with Crippen LogP contribution in [0, 0.1) is 0 Å². The van der Waals surface area contributed by atoms with Gasteiger partial charge in [0, 0.05) is 6.20 Å². The summed E-state index contributed by atoms with van der Waals surface area (Å²) in [4.78, 5) is 18.8. The van der Waals surface area contributed by atoms with Gasteiger partial charge in [-0.15, -0.1) is 0 Å². The summed E-state index contributed by atoms with van der Waals surface area (Å²) in [6.07, 6.45) is 0.418. The number of carbonyl (C=O) groups excluding carboxylic acids is 1. The van der Waals surface area contributed by atoms with Crippen LogP contribution in [0.2, 0.25) is 0 Å². The van der Waals surface area contributed by atoms with Gasteiger partial charge < -0.3 is 0 Å². The smallest absolute Gasteiger partial charge is 0.288 e. The molecule has 1 amide bonds. The maximum Gasteiger partial charge on any atom is 0.416 e. The normalized spacial score (nSPS) is 16.0. The number of carbonyl (C=O) groups is 1. The van der Waals surface area contributed by atoms with Crippen molar-refractivity contribution in [1.29, 1.82) is 0 Å². The molecular weight excluding hydrogens is 433 g/mol. The van der Waals surface area contributed by atoms with Crippen LogP contribution in [0.1, 0.15) is 16.8 Å². The molecule has 1 saturated heterocycles. The molecule has 0 radical (unpaired) electrons. The summed E-state index contributed by atoms with van der Waals surface area (Å²) in [6.45, 7) is -0.0363. The summed E-state index contributed by atoms with van der Waals surface area (Å²) in [5, 5.41) is 4.23. The second kappa shape index (κ2) is 8.04. The number of halogens is 3. The zero-order chi connectivity index (χ0) is 21.3. The van der Waals surface area contributed by atoms with Crippen molar-refractivity contribution < 1.29 is 18.0 Å². The Morgan fingerprint density at radius 2 is 1.93 bits per heavy atom. The zero-order valence-corrected chi connectivity index (χ0v) is 16.8. The molecule has 1 fully saturated rings. The highest BCUT2D eigenvalue weighted by Crippen LogP contribution is 2.35. The van der Waals surface area contributed by atoms with E-state index in [0.29, 0.717) is 22.0 Å². The van der Waals surface area contributed by atoms with E-state index in [4.69, 9.17) is 12.2 Å². The Morgan fingerprint density at radius 3 is 2.67 bits per heavy atom. The molecule has 0 spiro atoms. The summed E-state index contributed by atoms with van der Waals surface area (Å²) in [5.41, 5.74) is 0.217. The number of thioether (sulfide) groups is 1. The molecule has 0 atom stereocenters. The number of alkyl halides is 3. The van der Waals surface area contributed by atoms with Crippen molar-refractivity contribution >= 4 is 40.3 Å². The fourth-order valence-electron chi connectivity index (χ4n) is 2.89. The number of hydrogen-bond donors (Lipinski definition) is 0. The van der Waals surface area contributed by atoms with E-state index in [1.807, 2.05) is 6.07 Å². The molecule has 1 aliphatic rings. The van der Waals surface area contributed by atoms with Gasteiger partial charge in [-0.05, 0) is 42.0 Å². The van der Waals surface area contributed by atoms with Gasteiger partial charge in [-0.2, -0.15) is 18.3 Å². The van der Waals surface area contributed by atoms with Gasteiger partial charge in [0.2, 0.25) is 0 Å². The molecule has 4 rings (SSSR count). The van der Waals surface area contributed by atoms with Crippen molar-refractivity contribution in [2.24, 2.45) is 0 Å². The Morgan fingerprint density at radius 1 is 1.10 bits per heavy atom. The molecule has 0 saturated carbocycles. The monoisotopic (exact) mass is 446 g/mol. The Kier molecular flexibility index (Phi) is 5.44. The minimum atomic E-state index is -4.45. The second-order valence-electron chi connectivity index (χ2n) is 6.32. The van der Waals surface area contributed by atoms with Crippen LogP contribution < -0.4 is 0 Å².